The molecule has 15 heavy (non-hydrogen) atoms. The van der Waals surface area contributed by atoms with Crippen LogP contribution < -0.4 is 4.74 Å². The second-order valence-electron chi connectivity index (χ2n) is 2.68. The Morgan fingerprint density at radius 2 is 2.20 bits per heavy atom. The molecule has 0 saturated carbocycles. The third kappa shape index (κ3) is 4.71. The third-order valence-corrected chi connectivity index (χ3v) is 1.75. The van der Waals surface area contributed by atoms with Crippen LogP contribution in [0.15, 0.2) is 24.3 Å². The third-order valence-electron chi connectivity index (χ3n) is 1.53. The van der Waals surface area contributed by atoms with Gasteiger partial charge in [-0.15, -0.1) is 0 Å². The maximum absolute atomic E-state index is 11.9. The number of halogens is 2. The lowest BCUT2D eigenvalue weighted by Gasteiger charge is -2.03. The maximum Gasteiger partial charge on any atom is 0.387 e. The number of rotatable bonds is 3. The zero-order valence-corrected chi connectivity index (χ0v) is 8.81. The second-order valence-corrected chi connectivity index (χ2v) is 3.13. The summed E-state index contributed by atoms with van der Waals surface area (Å²) >= 11 is 4.01. The van der Waals surface area contributed by atoms with E-state index < -0.39 is 6.61 Å². The minimum Gasteiger partial charge on any atom is -0.435 e. The topological polar surface area (TPSA) is 9.23 Å². The summed E-state index contributed by atoms with van der Waals surface area (Å²) in [5.41, 5.74) is 0.662. The molecular formula is C11H10F2OS. The van der Waals surface area contributed by atoms with E-state index in [-0.39, 0.29) is 5.75 Å². The Morgan fingerprint density at radius 1 is 1.40 bits per heavy atom. The monoisotopic (exact) mass is 228 g/mol. The van der Waals surface area contributed by atoms with Crippen LogP contribution in [0.4, 0.5) is 8.78 Å². The van der Waals surface area contributed by atoms with Crippen LogP contribution in [0.1, 0.15) is 12.0 Å². The van der Waals surface area contributed by atoms with Crippen LogP contribution in [0, 0.1) is 11.8 Å². The van der Waals surface area contributed by atoms with Crippen LogP contribution >= 0.6 is 12.6 Å². The molecule has 0 aliphatic rings. The molecule has 1 aromatic rings. The molecular weight excluding hydrogens is 218 g/mol. The van der Waals surface area contributed by atoms with Crippen molar-refractivity contribution in [3.05, 3.63) is 29.8 Å². The number of ether oxygens (including phenoxy) is 1. The summed E-state index contributed by atoms with van der Waals surface area (Å²) in [6.07, 6.45) is 0.670. The zero-order chi connectivity index (χ0) is 11.1. The highest BCUT2D eigenvalue weighted by Gasteiger charge is 2.03. The molecule has 0 aliphatic carbocycles. The van der Waals surface area contributed by atoms with E-state index in [1.54, 1.807) is 12.1 Å². The predicted octanol–water partition coefficient (Wildman–Crippen LogP) is 2.96. The van der Waals surface area contributed by atoms with E-state index >= 15 is 0 Å². The highest BCUT2D eigenvalue weighted by molar-refractivity contribution is 7.80. The van der Waals surface area contributed by atoms with Gasteiger partial charge in [0.15, 0.2) is 0 Å². The largest absolute Gasteiger partial charge is 0.435 e. The van der Waals surface area contributed by atoms with Crippen molar-refractivity contribution in [3.8, 4) is 17.6 Å². The first-order valence-corrected chi connectivity index (χ1v) is 5.00. The summed E-state index contributed by atoms with van der Waals surface area (Å²) in [7, 11) is 0. The second kappa shape index (κ2) is 6.31. The van der Waals surface area contributed by atoms with Crippen LogP contribution in [-0.2, 0) is 0 Å². The molecule has 0 saturated heterocycles. The summed E-state index contributed by atoms with van der Waals surface area (Å²) in [5, 5.41) is 0. The van der Waals surface area contributed by atoms with Gasteiger partial charge in [0.25, 0.3) is 0 Å². The number of hydrogen-bond acceptors (Lipinski definition) is 2. The lowest BCUT2D eigenvalue weighted by atomic mass is 10.2. The fraction of sp³-hybridized carbons (Fsp3) is 0.273. The predicted molar refractivity (Wildman–Crippen MR) is 58.4 cm³/mol. The van der Waals surface area contributed by atoms with Gasteiger partial charge in [-0.05, 0) is 18.2 Å². The molecule has 80 valence electrons. The lowest BCUT2D eigenvalue weighted by molar-refractivity contribution is -0.0498. The van der Waals surface area contributed by atoms with Gasteiger partial charge in [-0.1, -0.05) is 17.9 Å². The molecule has 1 aromatic carbocycles. The molecule has 1 rings (SSSR count). The van der Waals surface area contributed by atoms with Crippen LogP contribution in [0.25, 0.3) is 0 Å². The summed E-state index contributed by atoms with van der Waals surface area (Å²) < 4.78 is 28.0. The molecule has 1 nitrogen and oxygen atoms in total. The van der Waals surface area contributed by atoms with E-state index in [1.807, 2.05) is 0 Å². The van der Waals surface area contributed by atoms with E-state index in [0.717, 1.165) is 0 Å². The number of hydrogen-bond donors (Lipinski definition) is 1. The molecule has 0 heterocycles. The average molecular weight is 228 g/mol. The van der Waals surface area contributed by atoms with Crippen molar-refractivity contribution in [2.45, 2.75) is 13.0 Å². The molecule has 4 heteroatoms. The highest BCUT2D eigenvalue weighted by atomic mass is 32.1. The van der Waals surface area contributed by atoms with Crippen LogP contribution in [0.5, 0.6) is 5.75 Å². The summed E-state index contributed by atoms with van der Waals surface area (Å²) in [4.78, 5) is 0. The fourth-order valence-corrected chi connectivity index (χ4v) is 1.08. The fourth-order valence-electron chi connectivity index (χ4n) is 0.970. The van der Waals surface area contributed by atoms with Gasteiger partial charge in [0, 0.05) is 17.7 Å². The summed E-state index contributed by atoms with van der Waals surface area (Å²) in [6.45, 7) is -2.80. The Bertz CT molecular complexity index is 368. The molecule has 0 amide bonds. The van der Waals surface area contributed by atoms with Crippen molar-refractivity contribution in [3.63, 3.8) is 0 Å². The molecule has 0 radical (unpaired) electrons. The first-order valence-electron chi connectivity index (χ1n) is 4.37. The lowest BCUT2D eigenvalue weighted by Crippen LogP contribution is -2.01. The maximum atomic E-state index is 11.9. The Kier molecular flexibility index (Phi) is 4.99. The van der Waals surface area contributed by atoms with Crippen LogP contribution in [-0.4, -0.2) is 12.4 Å². The molecule has 0 spiro atoms. The molecule has 0 unspecified atom stereocenters. The normalized spacial score (nSPS) is 9.60. The van der Waals surface area contributed by atoms with Crippen molar-refractivity contribution >= 4 is 12.6 Å². The van der Waals surface area contributed by atoms with Crippen molar-refractivity contribution < 1.29 is 13.5 Å². The van der Waals surface area contributed by atoms with Crippen LogP contribution in [0.3, 0.4) is 0 Å². The minimum atomic E-state index is -2.80. The van der Waals surface area contributed by atoms with Gasteiger partial charge in [-0.3, -0.25) is 0 Å². The van der Waals surface area contributed by atoms with Crippen molar-refractivity contribution in [1.29, 1.82) is 0 Å². The van der Waals surface area contributed by atoms with E-state index in [2.05, 4.69) is 29.2 Å². The quantitative estimate of drug-likeness (QED) is 0.618. The molecule has 0 atom stereocenters. The van der Waals surface area contributed by atoms with Crippen molar-refractivity contribution in [1.82, 2.24) is 0 Å². The molecule has 0 N–H and O–H groups in total. The Balaban J connectivity index is 2.71. The highest BCUT2D eigenvalue weighted by Crippen LogP contribution is 2.15. The van der Waals surface area contributed by atoms with Gasteiger partial charge >= 0.3 is 6.61 Å². The van der Waals surface area contributed by atoms with Crippen molar-refractivity contribution in [2.75, 3.05) is 5.75 Å². The average Bonchev–Trinajstić information content (AvgIpc) is 2.18. The Morgan fingerprint density at radius 3 is 2.87 bits per heavy atom. The molecule has 0 fully saturated rings. The first kappa shape index (κ1) is 11.9. The van der Waals surface area contributed by atoms with E-state index in [0.29, 0.717) is 17.7 Å². The molecule has 0 aliphatic heterocycles. The van der Waals surface area contributed by atoms with Gasteiger partial charge in [-0.25, -0.2) is 0 Å². The number of alkyl halides is 2. The molecule has 0 aromatic heterocycles. The molecule has 0 bridgehead atoms. The van der Waals surface area contributed by atoms with Gasteiger partial charge in [-0.2, -0.15) is 21.4 Å². The van der Waals surface area contributed by atoms with E-state index in [1.165, 1.54) is 12.1 Å². The number of benzene rings is 1. The van der Waals surface area contributed by atoms with E-state index in [4.69, 9.17) is 0 Å². The van der Waals surface area contributed by atoms with Crippen molar-refractivity contribution in [2.24, 2.45) is 0 Å². The SMILES string of the molecule is FC(F)Oc1cccc(C#CCCS)c1. The Labute approximate surface area is 92.9 Å². The van der Waals surface area contributed by atoms with Gasteiger partial charge in [0.2, 0.25) is 0 Å². The standard InChI is InChI=1S/C11H10F2OS/c12-11(13)14-10-6-3-5-9(8-10)4-1-2-7-15/h3,5-6,8,11,15H,2,7H2. The minimum absolute atomic E-state index is 0.127. The Hall–Kier alpha value is -1.21. The van der Waals surface area contributed by atoms with Crippen LogP contribution in [0.2, 0.25) is 0 Å². The van der Waals surface area contributed by atoms with Gasteiger partial charge in [0.05, 0.1) is 0 Å². The number of thiol groups is 1. The smallest absolute Gasteiger partial charge is 0.387 e. The summed E-state index contributed by atoms with van der Waals surface area (Å²) in [5.74, 6) is 6.51. The summed E-state index contributed by atoms with van der Waals surface area (Å²) in [6, 6.07) is 6.32. The van der Waals surface area contributed by atoms with Gasteiger partial charge in [0.1, 0.15) is 5.75 Å². The van der Waals surface area contributed by atoms with E-state index in [9.17, 15) is 8.78 Å². The first-order chi connectivity index (χ1) is 7.22. The van der Waals surface area contributed by atoms with Gasteiger partial charge < -0.3 is 4.74 Å². The zero-order valence-electron chi connectivity index (χ0n) is 7.91.